The van der Waals surface area contributed by atoms with E-state index in [2.05, 4.69) is 0 Å². The first-order valence-electron chi connectivity index (χ1n) is 7.17. The number of carbonyl (C=O) groups is 2. The molecular formula is C16H18N4O2. The highest BCUT2D eigenvalue weighted by molar-refractivity contribution is 5.92. The minimum atomic E-state index is -1.19. The van der Waals surface area contributed by atoms with Crippen LogP contribution in [0.4, 0.5) is 4.79 Å². The quantitative estimate of drug-likeness (QED) is 0.894. The van der Waals surface area contributed by atoms with Crippen molar-refractivity contribution in [3.63, 3.8) is 0 Å². The van der Waals surface area contributed by atoms with E-state index in [1.165, 1.54) is 4.90 Å². The fraction of sp³-hybridized carbons (Fsp3) is 0.250. The van der Waals surface area contributed by atoms with E-state index in [0.717, 1.165) is 5.69 Å². The number of para-hydroxylation sites is 1. The van der Waals surface area contributed by atoms with Crippen LogP contribution in [0.15, 0.2) is 48.8 Å². The van der Waals surface area contributed by atoms with E-state index in [9.17, 15) is 9.59 Å². The van der Waals surface area contributed by atoms with Crippen LogP contribution < -0.4 is 11.5 Å². The lowest BCUT2D eigenvalue weighted by molar-refractivity contribution is -0.127. The third-order valence-electron chi connectivity index (χ3n) is 4.29. The van der Waals surface area contributed by atoms with E-state index in [1.807, 2.05) is 53.4 Å². The Morgan fingerprint density at radius 2 is 1.73 bits per heavy atom. The molecule has 1 atom stereocenters. The second kappa shape index (κ2) is 5.22. The molecule has 2 heterocycles. The second-order valence-corrected chi connectivity index (χ2v) is 5.43. The Balaban J connectivity index is 2.23. The lowest BCUT2D eigenvalue weighted by atomic mass is 9.85. The fourth-order valence-corrected chi connectivity index (χ4v) is 3.33. The Labute approximate surface area is 128 Å². The summed E-state index contributed by atoms with van der Waals surface area (Å²) in [6.45, 7) is 0.429. The summed E-state index contributed by atoms with van der Waals surface area (Å²) in [5.74, 6) is -0.552. The summed E-state index contributed by atoms with van der Waals surface area (Å²) >= 11 is 0. The summed E-state index contributed by atoms with van der Waals surface area (Å²) in [5, 5.41) is 0. The molecule has 0 radical (unpaired) electrons. The van der Waals surface area contributed by atoms with Crippen LogP contribution in [0.2, 0.25) is 0 Å². The van der Waals surface area contributed by atoms with E-state index < -0.39 is 17.5 Å². The molecule has 6 nitrogen and oxygen atoms in total. The normalized spacial score (nSPS) is 21.0. The summed E-state index contributed by atoms with van der Waals surface area (Å²) in [7, 11) is 0. The fourth-order valence-electron chi connectivity index (χ4n) is 3.33. The van der Waals surface area contributed by atoms with Gasteiger partial charge < -0.3 is 20.9 Å². The molecular weight excluding hydrogens is 280 g/mol. The van der Waals surface area contributed by atoms with Gasteiger partial charge in [-0.2, -0.15) is 0 Å². The van der Waals surface area contributed by atoms with Crippen molar-refractivity contribution in [3.8, 4) is 5.69 Å². The average Bonchev–Trinajstić information content (AvgIpc) is 3.17. The SMILES string of the molecule is NC(=O)N1CCCC1(C(N)=O)c1ccccc1-n1cccc1. The number of amides is 3. The molecule has 1 aromatic carbocycles. The molecule has 0 aliphatic carbocycles. The molecule has 22 heavy (non-hydrogen) atoms. The van der Waals surface area contributed by atoms with Crippen LogP contribution in [-0.2, 0) is 10.3 Å². The molecule has 2 aromatic rings. The van der Waals surface area contributed by atoms with Gasteiger partial charge in [0.05, 0.1) is 5.69 Å². The van der Waals surface area contributed by atoms with Crippen molar-refractivity contribution >= 4 is 11.9 Å². The van der Waals surface area contributed by atoms with Crippen LogP contribution in [0.1, 0.15) is 18.4 Å². The third-order valence-corrected chi connectivity index (χ3v) is 4.29. The van der Waals surface area contributed by atoms with Crippen LogP contribution >= 0.6 is 0 Å². The molecule has 3 rings (SSSR count). The first kappa shape index (κ1) is 14.2. The van der Waals surface area contributed by atoms with E-state index in [-0.39, 0.29) is 0 Å². The Bertz CT molecular complexity index is 711. The van der Waals surface area contributed by atoms with Crippen molar-refractivity contribution < 1.29 is 9.59 Å². The van der Waals surface area contributed by atoms with Gasteiger partial charge in [0.15, 0.2) is 5.54 Å². The van der Waals surface area contributed by atoms with Crippen LogP contribution in [0.5, 0.6) is 0 Å². The van der Waals surface area contributed by atoms with Gasteiger partial charge >= 0.3 is 6.03 Å². The molecule has 0 saturated carbocycles. The highest BCUT2D eigenvalue weighted by atomic mass is 16.2. The zero-order valence-corrected chi connectivity index (χ0v) is 12.1. The van der Waals surface area contributed by atoms with Gasteiger partial charge in [-0.25, -0.2) is 4.79 Å². The smallest absolute Gasteiger partial charge is 0.315 e. The summed E-state index contributed by atoms with van der Waals surface area (Å²) in [6.07, 6.45) is 4.93. The standard InChI is InChI=1S/C16H18N4O2/c17-14(21)16(8-5-11-20(16)15(18)22)12-6-1-2-7-13(12)19-9-3-4-10-19/h1-4,6-7,9-10H,5,8,11H2,(H2,17,21)(H2,18,22). The number of primary amides is 2. The van der Waals surface area contributed by atoms with Crippen molar-refractivity contribution in [3.05, 3.63) is 54.4 Å². The topological polar surface area (TPSA) is 94.4 Å². The van der Waals surface area contributed by atoms with Crippen molar-refractivity contribution in [1.29, 1.82) is 0 Å². The van der Waals surface area contributed by atoms with Crippen molar-refractivity contribution in [2.45, 2.75) is 18.4 Å². The Morgan fingerprint density at radius 3 is 2.36 bits per heavy atom. The molecule has 1 unspecified atom stereocenters. The Morgan fingerprint density at radius 1 is 1.05 bits per heavy atom. The molecule has 1 fully saturated rings. The first-order chi connectivity index (χ1) is 10.6. The number of rotatable bonds is 3. The summed E-state index contributed by atoms with van der Waals surface area (Å²) < 4.78 is 1.90. The number of nitrogens with zero attached hydrogens (tertiary/aromatic N) is 2. The van der Waals surface area contributed by atoms with Crippen LogP contribution in [0, 0.1) is 0 Å². The number of nitrogens with two attached hydrogens (primary N) is 2. The van der Waals surface area contributed by atoms with Gasteiger partial charge in [-0.15, -0.1) is 0 Å². The maximum Gasteiger partial charge on any atom is 0.315 e. The number of hydrogen-bond donors (Lipinski definition) is 2. The summed E-state index contributed by atoms with van der Waals surface area (Å²) in [6, 6.07) is 10.6. The lowest BCUT2D eigenvalue weighted by Gasteiger charge is -2.36. The minimum Gasteiger partial charge on any atom is -0.367 e. The molecule has 0 spiro atoms. The van der Waals surface area contributed by atoms with Crippen molar-refractivity contribution in [1.82, 2.24) is 9.47 Å². The van der Waals surface area contributed by atoms with Crippen LogP contribution in [0.25, 0.3) is 5.69 Å². The molecule has 0 bridgehead atoms. The number of hydrogen-bond acceptors (Lipinski definition) is 2. The van der Waals surface area contributed by atoms with Gasteiger partial charge in [0, 0.05) is 24.5 Å². The molecule has 6 heteroatoms. The number of carbonyl (C=O) groups excluding carboxylic acids is 2. The van der Waals surface area contributed by atoms with Gasteiger partial charge in [-0.05, 0) is 31.0 Å². The molecule has 1 aromatic heterocycles. The second-order valence-electron chi connectivity index (χ2n) is 5.43. The molecule has 3 amide bonds. The van der Waals surface area contributed by atoms with Gasteiger partial charge in [0.1, 0.15) is 0 Å². The number of likely N-dealkylation sites (tertiary alicyclic amines) is 1. The monoisotopic (exact) mass is 298 g/mol. The van der Waals surface area contributed by atoms with E-state index >= 15 is 0 Å². The van der Waals surface area contributed by atoms with Gasteiger partial charge in [0.2, 0.25) is 5.91 Å². The first-order valence-corrected chi connectivity index (χ1v) is 7.17. The summed E-state index contributed by atoms with van der Waals surface area (Å²) in [4.78, 5) is 25.5. The molecule has 114 valence electrons. The zero-order chi connectivity index (χ0) is 15.7. The van der Waals surface area contributed by atoms with Crippen molar-refractivity contribution in [2.75, 3.05) is 6.54 Å². The number of aromatic nitrogens is 1. The maximum absolute atomic E-state index is 12.3. The van der Waals surface area contributed by atoms with Crippen molar-refractivity contribution in [2.24, 2.45) is 11.5 Å². The predicted molar refractivity (Wildman–Crippen MR) is 82.2 cm³/mol. The van der Waals surface area contributed by atoms with E-state index in [0.29, 0.717) is 24.9 Å². The Kier molecular flexibility index (Phi) is 3.36. The van der Waals surface area contributed by atoms with Crippen LogP contribution in [0.3, 0.4) is 0 Å². The molecule has 1 aliphatic heterocycles. The summed E-state index contributed by atoms with van der Waals surface area (Å²) in [5.41, 5.74) is 11.5. The molecule has 1 aliphatic rings. The van der Waals surface area contributed by atoms with E-state index in [4.69, 9.17) is 11.5 Å². The lowest BCUT2D eigenvalue weighted by Crippen LogP contribution is -2.55. The number of urea groups is 1. The van der Waals surface area contributed by atoms with Gasteiger partial charge in [-0.3, -0.25) is 4.79 Å². The highest BCUT2D eigenvalue weighted by Crippen LogP contribution is 2.41. The average molecular weight is 298 g/mol. The molecule has 1 saturated heterocycles. The maximum atomic E-state index is 12.3. The van der Waals surface area contributed by atoms with Gasteiger partial charge in [0.25, 0.3) is 0 Å². The third kappa shape index (κ3) is 1.95. The van der Waals surface area contributed by atoms with Crippen LogP contribution in [-0.4, -0.2) is 28.0 Å². The zero-order valence-electron chi connectivity index (χ0n) is 12.1. The largest absolute Gasteiger partial charge is 0.367 e. The minimum absolute atomic E-state index is 0.429. The van der Waals surface area contributed by atoms with Gasteiger partial charge in [-0.1, -0.05) is 18.2 Å². The highest BCUT2D eigenvalue weighted by Gasteiger charge is 2.50. The van der Waals surface area contributed by atoms with E-state index in [1.54, 1.807) is 0 Å². The molecule has 4 N–H and O–H groups in total. The Hall–Kier alpha value is -2.76. The number of benzene rings is 1. The predicted octanol–water partition coefficient (Wildman–Crippen LogP) is 1.33.